The van der Waals surface area contributed by atoms with Crippen LogP contribution in [-0.4, -0.2) is 37.0 Å². The number of nitrogens with zero attached hydrogens (tertiary/aromatic N) is 2. The van der Waals surface area contributed by atoms with Crippen LogP contribution in [0.4, 0.5) is 13.2 Å². The van der Waals surface area contributed by atoms with E-state index in [9.17, 15) is 18.0 Å². The number of carbonyl (C=O) groups excluding carboxylic acids is 1. The molecule has 2 aromatic rings. The average Bonchev–Trinajstić information content (AvgIpc) is 3.06. The number of alkyl halides is 3. The molecular formula is C17H20F3N5OS. The van der Waals surface area contributed by atoms with Crippen molar-refractivity contribution >= 4 is 23.2 Å². The molecule has 0 aliphatic carbocycles. The van der Waals surface area contributed by atoms with Crippen molar-refractivity contribution < 1.29 is 18.0 Å². The Morgan fingerprint density at radius 3 is 2.37 bits per heavy atom. The zero-order chi connectivity index (χ0) is 19.9. The highest BCUT2D eigenvalue weighted by Gasteiger charge is 2.29. The van der Waals surface area contributed by atoms with Crippen LogP contribution < -0.4 is 16.0 Å². The second-order valence-corrected chi connectivity index (χ2v) is 6.42. The molecule has 0 aliphatic rings. The van der Waals surface area contributed by atoms with E-state index in [1.807, 2.05) is 0 Å². The minimum absolute atomic E-state index is 0.176. The molecule has 3 N–H and O–H groups in total. The molecule has 0 radical (unpaired) electrons. The first-order chi connectivity index (χ1) is 12.8. The van der Waals surface area contributed by atoms with Gasteiger partial charge in [0.2, 0.25) is 0 Å². The summed E-state index contributed by atoms with van der Waals surface area (Å²) >= 11 is 1.28. The van der Waals surface area contributed by atoms with E-state index in [-0.39, 0.29) is 5.91 Å². The molecule has 0 atom stereocenters. The fourth-order valence-electron chi connectivity index (χ4n) is 2.18. The van der Waals surface area contributed by atoms with Crippen molar-refractivity contribution in [2.75, 3.05) is 20.1 Å². The van der Waals surface area contributed by atoms with E-state index in [1.54, 1.807) is 19.5 Å². The molecule has 0 fully saturated rings. The molecule has 1 aromatic heterocycles. The minimum atomic E-state index is -4.34. The van der Waals surface area contributed by atoms with Gasteiger partial charge in [-0.25, -0.2) is 4.98 Å². The van der Waals surface area contributed by atoms with Crippen LogP contribution >= 0.6 is 11.3 Å². The molecule has 0 bridgehead atoms. The van der Waals surface area contributed by atoms with Gasteiger partial charge in [0.25, 0.3) is 5.91 Å². The van der Waals surface area contributed by atoms with Gasteiger partial charge in [0.05, 0.1) is 16.8 Å². The Labute approximate surface area is 158 Å². The van der Waals surface area contributed by atoms with Crippen LogP contribution in [0.25, 0.3) is 0 Å². The van der Waals surface area contributed by atoms with Crippen LogP contribution in [0.2, 0.25) is 0 Å². The average molecular weight is 399 g/mol. The summed E-state index contributed by atoms with van der Waals surface area (Å²) < 4.78 is 37.7. The molecule has 1 amide bonds. The number of guanidine groups is 1. The first-order valence-corrected chi connectivity index (χ1v) is 8.98. The first kappa shape index (κ1) is 20.7. The van der Waals surface area contributed by atoms with Crippen LogP contribution in [0, 0.1) is 6.92 Å². The lowest BCUT2D eigenvalue weighted by Crippen LogP contribution is -2.41. The van der Waals surface area contributed by atoms with Gasteiger partial charge in [-0.3, -0.25) is 9.79 Å². The summed E-state index contributed by atoms with van der Waals surface area (Å²) in [5.74, 6) is 0.308. The van der Waals surface area contributed by atoms with Crippen molar-refractivity contribution in [1.82, 2.24) is 20.9 Å². The third kappa shape index (κ3) is 6.24. The van der Waals surface area contributed by atoms with Gasteiger partial charge < -0.3 is 16.0 Å². The molecule has 27 heavy (non-hydrogen) atoms. The van der Waals surface area contributed by atoms with Crippen LogP contribution in [0.3, 0.4) is 0 Å². The van der Waals surface area contributed by atoms with Gasteiger partial charge in [-0.15, -0.1) is 11.3 Å². The van der Waals surface area contributed by atoms with E-state index in [0.29, 0.717) is 41.7 Å². The van der Waals surface area contributed by atoms with Crippen LogP contribution in [-0.2, 0) is 12.7 Å². The number of hydrogen-bond acceptors (Lipinski definition) is 4. The number of aliphatic imine (C=N–C) groups is 1. The van der Waals surface area contributed by atoms with Crippen molar-refractivity contribution in [3.05, 3.63) is 51.5 Å². The van der Waals surface area contributed by atoms with Crippen molar-refractivity contribution in [2.24, 2.45) is 4.99 Å². The number of nitrogens with one attached hydrogen (secondary N) is 3. The van der Waals surface area contributed by atoms with Gasteiger partial charge in [0.15, 0.2) is 5.96 Å². The predicted octanol–water partition coefficient (Wildman–Crippen LogP) is 2.57. The molecule has 6 nitrogen and oxygen atoms in total. The van der Waals surface area contributed by atoms with Gasteiger partial charge in [-0.2, -0.15) is 13.2 Å². The quantitative estimate of drug-likeness (QED) is 0.396. The lowest BCUT2D eigenvalue weighted by Gasteiger charge is -2.13. The Morgan fingerprint density at radius 1 is 1.15 bits per heavy atom. The number of thiazole rings is 1. The SMILES string of the molecule is CN=C(NCCNC(=O)c1scnc1C)NCc1ccc(C(F)(F)F)cc1. The third-order valence-electron chi connectivity index (χ3n) is 3.62. The summed E-state index contributed by atoms with van der Waals surface area (Å²) in [6.45, 7) is 2.92. The Balaban J connectivity index is 1.73. The van der Waals surface area contributed by atoms with Gasteiger partial charge >= 0.3 is 6.18 Å². The minimum Gasteiger partial charge on any atom is -0.355 e. The summed E-state index contributed by atoms with van der Waals surface area (Å²) in [6.07, 6.45) is -4.34. The molecule has 0 saturated carbocycles. The smallest absolute Gasteiger partial charge is 0.355 e. The van der Waals surface area contributed by atoms with E-state index in [2.05, 4.69) is 25.9 Å². The van der Waals surface area contributed by atoms with Gasteiger partial charge in [-0.05, 0) is 24.6 Å². The number of aryl methyl sites for hydroxylation is 1. The zero-order valence-electron chi connectivity index (χ0n) is 14.9. The molecule has 0 aliphatic heterocycles. The predicted molar refractivity (Wildman–Crippen MR) is 98.8 cm³/mol. The molecule has 146 valence electrons. The Bertz CT molecular complexity index is 787. The number of aromatic nitrogens is 1. The molecule has 0 unspecified atom stereocenters. The monoisotopic (exact) mass is 399 g/mol. The number of benzene rings is 1. The topological polar surface area (TPSA) is 78.4 Å². The van der Waals surface area contributed by atoms with E-state index in [0.717, 1.165) is 12.1 Å². The first-order valence-electron chi connectivity index (χ1n) is 8.10. The van der Waals surface area contributed by atoms with Crippen molar-refractivity contribution in [1.29, 1.82) is 0 Å². The van der Waals surface area contributed by atoms with E-state index in [4.69, 9.17) is 0 Å². The second kappa shape index (κ2) is 9.36. The van der Waals surface area contributed by atoms with Crippen molar-refractivity contribution in [3.63, 3.8) is 0 Å². The Hall–Kier alpha value is -2.62. The van der Waals surface area contributed by atoms with Crippen LogP contribution in [0.15, 0.2) is 34.8 Å². The highest BCUT2D eigenvalue weighted by molar-refractivity contribution is 7.11. The summed E-state index contributed by atoms with van der Waals surface area (Å²) in [5, 5.41) is 8.81. The number of halogens is 3. The van der Waals surface area contributed by atoms with Crippen LogP contribution in [0.5, 0.6) is 0 Å². The number of rotatable bonds is 6. The number of carbonyl (C=O) groups is 1. The van der Waals surface area contributed by atoms with Gasteiger partial charge in [0.1, 0.15) is 4.88 Å². The lowest BCUT2D eigenvalue weighted by molar-refractivity contribution is -0.137. The van der Waals surface area contributed by atoms with Gasteiger partial charge in [-0.1, -0.05) is 12.1 Å². The maximum atomic E-state index is 12.6. The maximum absolute atomic E-state index is 12.6. The van der Waals surface area contributed by atoms with Gasteiger partial charge in [0, 0.05) is 26.7 Å². The third-order valence-corrected chi connectivity index (χ3v) is 4.55. The molecule has 10 heteroatoms. The number of hydrogen-bond donors (Lipinski definition) is 3. The summed E-state index contributed by atoms with van der Waals surface area (Å²) in [6, 6.07) is 4.93. The summed E-state index contributed by atoms with van der Waals surface area (Å²) in [5.41, 5.74) is 2.33. The summed E-state index contributed by atoms with van der Waals surface area (Å²) in [7, 11) is 1.58. The lowest BCUT2D eigenvalue weighted by atomic mass is 10.1. The largest absolute Gasteiger partial charge is 0.416 e. The molecule has 0 spiro atoms. The molecule has 2 rings (SSSR count). The molecule has 1 aromatic carbocycles. The highest BCUT2D eigenvalue weighted by atomic mass is 32.1. The van der Waals surface area contributed by atoms with Crippen LogP contribution in [0.1, 0.15) is 26.5 Å². The zero-order valence-corrected chi connectivity index (χ0v) is 15.7. The fourth-order valence-corrected chi connectivity index (χ4v) is 2.89. The molecular weight excluding hydrogens is 379 g/mol. The molecule has 0 saturated heterocycles. The Kier molecular flexibility index (Phi) is 7.17. The van der Waals surface area contributed by atoms with E-state index in [1.165, 1.54) is 23.5 Å². The summed E-state index contributed by atoms with van der Waals surface area (Å²) in [4.78, 5) is 20.6. The maximum Gasteiger partial charge on any atom is 0.416 e. The fraction of sp³-hybridized carbons (Fsp3) is 0.353. The van der Waals surface area contributed by atoms with Crippen molar-refractivity contribution in [2.45, 2.75) is 19.6 Å². The highest BCUT2D eigenvalue weighted by Crippen LogP contribution is 2.29. The second-order valence-electron chi connectivity index (χ2n) is 5.57. The standard InChI is InChI=1S/C17H20F3N5OS/c1-11-14(27-10-25-11)15(26)22-7-8-23-16(21-2)24-9-12-3-5-13(6-4-12)17(18,19)20/h3-6,10H,7-9H2,1-2H3,(H,22,26)(H2,21,23,24). The van der Waals surface area contributed by atoms with E-state index < -0.39 is 11.7 Å². The van der Waals surface area contributed by atoms with E-state index >= 15 is 0 Å². The molecule has 1 heterocycles. The van der Waals surface area contributed by atoms with Crippen molar-refractivity contribution in [3.8, 4) is 0 Å². The normalized spacial score (nSPS) is 12.0. The number of amides is 1. The Morgan fingerprint density at radius 2 is 1.81 bits per heavy atom.